The summed E-state index contributed by atoms with van der Waals surface area (Å²) < 4.78 is 8.12. The number of hydrogen-bond donors (Lipinski definition) is 6. The summed E-state index contributed by atoms with van der Waals surface area (Å²) in [6.45, 7) is 10.3. The molecular formula is C33H49BN10O9. The summed E-state index contributed by atoms with van der Waals surface area (Å²) in [5.74, 6) is -6.46. The molecule has 0 saturated carbocycles. The second-order valence-corrected chi connectivity index (χ2v) is 13.5. The average molecular weight is 741 g/mol. The summed E-state index contributed by atoms with van der Waals surface area (Å²) in [6.07, 6.45) is 4.63. The van der Waals surface area contributed by atoms with Crippen LogP contribution in [0.25, 0.3) is 0 Å². The van der Waals surface area contributed by atoms with Crippen molar-refractivity contribution in [2.45, 2.75) is 110 Å². The number of aromatic nitrogens is 4. The number of amides is 6. The van der Waals surface area contributed by atoms with Crippen LogP contribution >= 0.6 is 0 Å². The second-order valence-electron chi connectivity index (χ2n) is 13.5. The van der Waals surface area contributed by atoms with Gasteiger partial charge >= 0.3 is 5.97 Å². The first kappa shape index (κ1) is 43.6. The number of ether oxygens (including phenoxy) is 1. The fourth-order valence-electron chi connectivity index (χ4n) is 4.88. The predicted octanol–water partition coefficient (Wildman–Crippen LogP) is -1.92. The summed E-state index contributed by atoms with van der Waals surface area (Å²) in [4.78, 5) is 112. The van der Waals surface area contributed by atoms with Gasteiger partial charge in [0.05, 0.1) is 44.3 Å². The van der Waals surface area contributed by atoms with Gasteiger partial charge in [-0.3, -0.25) is 33.6 Å². The number of carbonyl (C=O) groups is 8. The van der Waals surface area contributed by atoms with Crippen molar-refractivity contribution < 1.29 is 43.1 Å². The van der Waals surface area contributed by atoms with E-state index in [1.807, 2.05) is 6.92 Å². The fourth-order valence-corrected chi connectivity index (χ4v) is 4.88. The first-order valence-corrected chi connectivity index (χ1v) is 16.8. The Bertz CT molecular complexity index is 1650. The largest absolute Gasteiger partial charge is 0.467 e. The van der Waals surface area contributed by atoms with Gasteiger partial charge in [-0.1, -0.05) is 0 Å². The van der Waals surface area contributed by atoms with Gasteiger partial charge in [-0.05, 0) is 41.5 Å². The minimum absolute atomic E-state index is 0.0768. The van der Waals surface area contributed by atoms with Crippen LogP contribution in [0.2, 0.25) is 0 Å². The van der Waals surface area contributed by atoms with E-state index < -0.39 is 89.9 Å². The number of ketones is 1. The summed E-state index contributed by atoms with van der Waals surface area (Å²) >= 11 is 0. The molecule has 0 aromatic carbocycles. The van der Waals surface area contributed by atoms with Gasteiger partial charge in [0.1, 0.15) is 24.2 Å². The number of aryl methyl sites for hydroxylation is 2. The third-order valence-electron chi connectivity index (χ3n) is 7.78. The van der Waals surface area contributed by atoms with Crippen molar-refractivity contribution >= 4 is 54.9 Å². The van der Waals surface area contributed by atoms with E-state index in [1.165, 1.54) is 32.7 Å². The quantitative estimate of drug-likeness (QED) is 0.0684. The normalized spacial score (nSPS) is 14.0. The van der Waals surface area contributed by atoms with Crippen molar-refractivity contribution in [3.8, 4) is 0 Å². The lowest BCUT2D eigenvalue weighted by Gasteiger charge is -2.27. The van der Waals surface area contributed by atoms with E-state index in [9.17, 15) is 38.4 Å². The number of hydrogen-bond acceptors (Lipinski definition) is 11. The van der Waals surface area contributed by atoms with E-state index in [0.29, 0.717) is 17.9 Å². The number of methoxy groups -OCH3 is 1. The number of rotatable bonds is 19. The first-order chi connectivity index (χ1) is 24.7. The highest BCUT2D eigenvalue weighted by Crippen LogP contribution is 2.09. The maximum atomic E-state index is 14.0. The lowest BCUT2D eigenvalue weighted by atomic mass is 10.0. The van der Waals surface area contributed by atoms with Gasteiger partial charge in [-0.2, -0.15) is 0 Å². The topological polar surface area (TPSA) is 254 Å². The zero-order chi connectivity index (χ0) is 40.0. The van der Waals surface area contributed by atoms with Gasteiger partial charge in [0.2, 0.25) is 37.4 Å². The van der Waals surface area contributed by atoms with Crippen molar-refractivity contribution in [1.82, 2.24) is 51.0 Å². The smallest absolute Gasteiger partial charge is 0.328 e. The third-order valence-corrected chi connectivity index (χ3v) is 7.78. The van der Waals surface area contributed by atoms with E-state index in [2.05, 4.69) is 41.9 Å². The van der Waals surface area contributed by atoms with Crippen LogP contribution in [0.1, 0.15) is 65.8 Å². The molecule has 20 heteroatoms. The average Bonchev–Trinajstić information content (AvgIpc) is 3.69. The summed E-state index contributed by atoms with van der Waals surface area (Å²) in [5, 5.41) is 14.9. The molecule has 53 heavy (non-hydrogen) atoms. The van der Waals surface area contributed by atoms with Crippen LogP contribution in [0, 0.1) is 0 Å². The first-order valence-electron chi connectivity index (χ1n) is 16.8. The van der Waals surface area contributed by atoms with E-state index in [0.717, 1.165) is 7.11 Å². The monoisotopic (exact) mass is 740 g/mol. The molecule has 2 rings (SSSR count). The zero-order valence-electron chi connectivity index (χ0n) is 31.3. The van der Waals surface area contributed by atoms with Crippen LogP contribution in [0.5, 0.6) is 0 Å². The van der Waals surface area contributed by atoms with E-state index >= 15 is 0 Å². The minimum atomic E-state index is -1.59. The van der Waals surface area contributed by atoms with Crippen LogP contribution < -0.4 is 31.9 Å². The highest BCUT2D eigenvalue weighted by atomic mass is 16.5. The Kier molecular flexibility index (Phi) is 16.4. The van der Waals surface area contributed by atoms with Crippen molar-refractivity contribution in [3.05, 3.63) is 36.4 Å². The third kappa shape index (κ3) is 14.9. The lowest BCUT2D eigenvalue weighted by molar-refractivity contribution is -0.147. The molecular weight excluding hydrogens is 691 g/mol. The lowest BCUT2D eigenvalue weighted by Crippen LogP contribution is -2.59. The molecule has 6 amide bonds. The second kappa shape index (κ2) is 19.9. The van der Waals surface area contributed by atoms with E-state index in [4.69, 9.17) is 12.6 Å². The van der Waals surface area contributed by atoms with Gasteiger partial charge in [-0.25, -0.2) is 14.8 Å². The predicted molar refractivity (Wildman–Crippen MR) is 190 cm³/mol. The Labute approximate surface area is 308 Å². The maximum Gasteiger partial charge on any atom is 0.328 e. The minimum Gasteiger partial charge on any atom is -0.467 e. The highest BCUT2D eigenvalue weighted by molar-refractivity contribution is 6.57. The van der Waals surface area contributed by atoms with Crippen molar-refractivity contribution in [2.75, 3.05) is 7.11 Å². The molecule has 2 aromatic heterocycles. The molecule has 2 aromatic rings. The molecule has 0 aliphatic carbocycles. The maximum absolute atomic E-state index is 14.0. The molecule has 19 nitrogen and oxygen atoms in total. The molecule has 288 valence electrons. The Morgan fingerprint density at radius 1 is 0.830 bits per heavy atom. The fraction of sp³-hybridized carbons (Fsp3) is 0.576. The van der Waals surface area contributed by atoms with E-state index in [-0.39, 0.29) is 18.6 Å². The highest BCUT2D eigenvalue weighted by Gasteiger charge is 2.34. The molecule has 5 atom stereocenters. The Hall–Kier alpha value is -5.56. The number of imidazole rings is 2. The number of nitrogens with zero attached hydrogens (tertiary/aromatic N) is 4. The van der Waals surface area contributed by atoms with E-state index in [1.54, 1.807) is 43.1 Å². The van der Waals surface area contributed by atoms with Gasteiger partial charge in [0.25, 0.3) is 0 Å². The van der Waals surface area contributed by atoms with Gasteiger partial charge in [0.15, 0.2) is 11.6 Å². The SMILES string of the molecule is [B]C(=O)N[C@@H](Cc1cncn1C)C(=O)N[C@@H](CC(=O)NC(C)(C)C)C(=O)N[C@@H](Cc1cn(CC)cn1)C(=O)NC(CC(=O)N[C@@H](C)C(C)=O)C(=O)OC. The van der Waals surface area contributed by atoms with Gasteiger partial charge < -0.3 is 45.8 Å². The molecule has 2 radical (unpaired) electrons. The van der Waals surface area contributed by atoms with Crippen LogP contribution in [0.4, 0.5) is 4.79 Å². The number of carbonyl (C=O) groups excluding carboxylic acids is 8. The molecule has 0 bridgehead atoms. The van der Waals surface area contributed by atoms with Crippen LogP contribution in [0.15, 0.2) is 25.0 Å². The molecule has 0 aliphatic rings. The Morgan fingerprint density at radius 2 is 1.40 bits per heavy atom. The van der Waals surface area contributed by atoms with Gasteiger partial charge in [-0.15, -0.1) is 0 Å². The van der Waals surface area contributed by atoms with Gasteiger partial charge in [0, 0.05) is 50.1 Å². The molecule has 1 unspecified atom stereocenters. The molecule has 6 N–H and O–H groups in total. The zero-order valence-corrected chi connectivity index (χ0v) is 31.3. The van der Waals surface area contributed by atoms with Crippen LogP contribution in [-0.2, 0) is 64.7 Å². The molecule has 2 heterocycles. The summed E-state index contributed by atoms with van der Waals surface area (Å²) in [6, 6.07) is -6.74. The number of esters is 1. The number of Topliss-reactive ketones (excluding diaryl/α,β-unsaturated/α-hetero) is 1. The molecule has 0 spiro atoms. The summed E-state index contributed by atoms with van der Waals surface area (Å²) in [5.41, 5.74) is 0.191. The molecule has 0 fully saturated rings. The van der Waals surface area contributed by atoms with Crippen molar-refractivity contribution in [2.24, 2.45) is 7.05 Å². The Morgan fingerprint density at radius 3 is 1.91 bits per heavy atom. The standard InChI is InChI=1S/C33H49BN10O9/c1-9-44-15-20(36-17-44)10-22(28(48)40-25(31(51)53-8)13-26(46)37-18(2)19(3)45)38-30(50)24(12-27(47)42-33(4,5)6)39-29(49)23(41-32(34)52)11-21-14-35-16-43(21)7/h14-18,22-25H,9-13H2,1-8H3,(H,37,46)(H,38,50)(H,39,49)(H,40,48)(H,41,52)(H,42,47)/t18-,22-,23-,24-,25?/m0/s1. The van der Waals surface area contributed by atoms with Crippen LogP contribution in [0.3, 0.4) is 0 Å². The molecule has 0 saturated heterocycles. The van der Waals surface area contributed by atoms with Crippen LogP contribution in [-0.4, -0.2) is 117 Å². The molecule has 0 aliphatic heterocycles. The Balaban J connectivity index is 2.45. The summed E-state index contributed by atoms with van der Waals surface area (Å²) in [7, 11) is 8.07. The van der Waals surface area contributed by atoms with Crippen molar-refractivity contribution in [3.63, 3.8) is 0 Å². The van der Waals surface area contributed by atoms with Crippen molar-refractivity contribution in [1.29, 1.82) is 0 Å². The number of nitrogens with one attached hydrogen (secondary N) is 6.